The minimum atomic E-state index is -0.929. The molecule has 1 N–H and O–H groups in total. The Morgan fingerprint density at radius 2 is 2.11 bits per heavy atom. The average Bonchev–Trinajstić information content (AvgIpc) is 2.37. The Balaban J connectivity index is 3.10. The first-order valence-electron chi connectivity index (χ1n) is 6.63. The average molecular weight is 287 g/mol. The molecule has 0 aliphatic carbocycles. The molecule has 0 aromatic heterocycles. The van der Waals surface area contributed by atoms with Crippen LogP contribution in [0.5, 0.6) is 0 Å². The second-order valence-electron chi connectivity index (χ2n) is 4.92. The first kappa shape index (κ1) is 16.0. The maximum atomic E-state index is 13.8. The Labute approximate surface area is 118 Å². The van der Waals surface area contributed by atoms with Crippen molar-refractivity contribution in [2.75, 3.05) is 0 Å². The van der Waals surface area contributed by atoms with Gasteiger partial charge in [0.15, 0.2) is 0 Å². The van der Waals surface area contributed by atoms with E-state index in [9.17, 15) is 14.3 Å². The molecular formula is C15H20ClFO2. The largest absolute Gasteiger partial charge is 0.481 e. The van der Waals surface area contributed by atoms with Crippen LogP contribution in [0.3, 0.4) is 0 Å². The Bertz CT molecular complexity index is 428. The van der Waals surface area contributed by atoms with E-state index in [2.05, 4.69) is 0 Å². The van der Waals surface area contributed by atoms with Gasteiger partial charge in [-0.25, -0.2) is 4.39 Å². The molecular weight excluding hydrogens is 267 g/mol. The lowest BCUT2D eigenvalue weighted by Crippen LogP contribution is -2.33. The number of unbranched alkanes of at least 4 members (excludes halogenated alkanes) is 1. The Kier molecular flexibility index (Phi) is 5.80. The van der Waals surface area contributed by atoms with Crippen molar-refractivity contribution < 1.29 is 14.3 Å². The molecule has 106 valence electrons. The van der Waals surface area contributed by atoms with Gasteiger partial charge in [0.2, 0.25) is 0 Å². The number of hydrogen-bond donors (Lipinski definition) is 1. The first-order chi connectivity index (χ1) is 8.96. The van der Waals surface area contributed by atoms with Crippen LogP contribution in [0.2, 0.25) is 5.02 Å². The zero-order valence-electron chi connectivity index (χ0n) is 11.4. The van der Waals surface area contributed by atoms with E-state index in [1.54, 1.807) is 6.07 Å². The molecule has 0 heterocycles. The molecule has 2 nitrogen and oxygen atoms in total. The third kappa shape index (κ3) is 3.69. The van der Waals surface area contributed by atoms with Crippen LogP contribution in [0.25, 0.3) is 0 Å². The molecule has 1 aromatic carbocycles. The third-order valence-electron chi connectivity index (χ3n) is 3.72. The van der Waals surface area contributed by atoms with Crippen LogP contribution in [-0.2, 0) is 11.2 Å². The minimum Gasteiger partial charge on any atom is -0.481 e. The summed E-state index contributed by atoms with van der Waals surface area (Å²) < 4.78 is 13.8. The SMILES string of the molecule is CCCCC(CC)(Cc1c(F)cccc1Cl)C(=O)O. The lowest BCUT2D eigenvalue weighted by atomic mass is 9.75. The van der Waals surface area contributed by atoms with Crippen molar-refractivity contribution in [2.45, 2.75) is 46.0 Å². The van der Waals surface area contributed by atoms with Crippen molar-refractivity contribution in [1.82, 2.24) is 0 Å². The van der Waals surface area contributed by atoms with Gasteiger partial charge in [0, 0.05) is 10.6 Å². The second kappa shape index (κ2) is 6.90. The fourth-order valence-corrected chi connectivity index (χ4v) is 2.51. The van der Waals surface area contributed by atoms with Crippen LogP contribution in [0.1, 0.15) is 45.1 Å². The smallest absolute Gasteiger partial charge is 0.309 e. The Hall–Kier alpha value is -1.09. The lowest BCUT2D eigenvalue weighted by molar-refractivity contribution is -0.149. The lowest BCUT2D eigenvalue weighted by Gasteiger charge is -2.28. The molecule has 0 aliphatic heterocycles. The van der Waals surface area contributed by atoms with Crippen LogP contribution in [-0.4, -0.2) is 11.1 Å². The highest BCUT2D eigenvalue weighted by atomic mass is 35.5. The van der Waals surface area contributed by atoms with Crippen LogP contribution < -0.4 is 0 Å². The van der Waals surface area contributed by atoms with Gasteiger partial charge in [0.05, 0.1) is 5.41 Å². The Morgan fingerprint density at radius 3 is 2.58 bits per heavy atom. The number of rotatable bonds is 7. The maximum Gasteiger partial charge on any atom is 0.309 e. The summed E-state index contributed by atoms with van der Waals surface area (Å²) in [7, 11) is 0. The minimum absolute atomic E-state index is 0.143. The quantitative estimate of drug-likeness (QED) is 0.789. The predicted octanol–water partition coefficient (Wildman–Crippen LogP) is 4.69. The van der Waals surface area contributed by atoms with Crippen LogP contribution >= 0.6 is 11.6 Å². The van der Waals surface area contributed by atoms with E-state index in [4.69, 9.17) is 11.6 Å². The summed E-state index contributed by atoms with van der Waals surface area (Å²) in [5, 5.41) is 9.83. The van der Waals surface area contributed by atoms with Gasteiger partial charge < -0.3 is 5.11 Å². The van der Waals surface area contributed by atoms with Crippen LogP contribution in [0.15, 0.2) is 18.2 Å². The molecule has 0 spiro atoms. The molecule has 0 fully saturated rings. The van der Waals surface area contributed by atoms with Crippen LogP contribution in [0.4, 0.5) is 4.39 Å². The molecule has 1 rings (SSSR count). The summed E-state index contributed by atoms with van der Waals surface area (Å²) in [6.45, 7) is 3.84. The van der Waals surface area contributed by atoms with Crippen molar-refractivity contribution in [1.29, 1.82) is 0 Å². The van der Waals surface area contributed by atoms with E-state index in [0.717, 1.165) is 12.8 Å². The van der Waals surface area contributed by atoms with Gasteiger partial charge in [-0.15, -0.1) is 0 Å². The van der Waals surface area contributed by atoms with E-state index in [0.29, 0.717) is 23.4 Å². The van der Waals surface area contributed by atoms with Crippen molar-refractivity contribution in [3.63, 3.8) is 0 Å². The highest BCUT2D eigenvalue weighted by Gasteiger charge is 2.37. The number of halogens is 2. The van der Waals surface area contributed by atoms with E-state index in [-0.39, 0.29) is 6.42 Å². The van der Waals surface area contributed by atoms with Gasteiger partial charge in [-0.05, 0) is 31.4 Å². The van der Waals surface area contributed by atoms with Gasteiger partial charge in [0.1, 0.15) is 5.82 Å². The van der Waals surface area contributed by atoms with E-state index in [1.165, 1.54) is 12.1 Å². The number of carboxylic acid groups (broad SMARTS) is 1. The van der Waals surface area contributed by atoms with Crippen molar-refractivity contribution in [2.24, 2.45) is 5.41 Å². The van der Waals surface area contributed by atoms with Crippen molar-refractivity contribution in [3.05, 3.63) is 34.6 Å². The summed E-state index contributed by atoms with van der Waals surface area (Å²) in [5.74, 6) is -1.30. The molecule has 0 aliphatic rings. The summed E-state index contributed by atoms with van der Waals surface area (Å²) >= 11 is 6.00. The summed E-state index contributed by atoms with van der Waals surface area (Å²) in [4.78, 5) is 11.6. The fraction of sp³-hybridized carbons (Fsp3) is 0.533. The van der Waals surface area contributed by atoms with Crippen molar-refractivity contribution >= 4 is 17.6 Å². The number of benzene rings is 1. The number of hydrogen-bond acceptors (Lipinski definition) is 1. The second-order valence-corrected chi connectivity index (χ2v) is 5.33. The van der Waals surface area contributed by atoms with E-state index < -0.39 is 17.2 Å². The van der Waals surface area contributed by atoms with Gasteiger partial charge >= 0.3 is 5.97 Å². The van der Waals surface area contributed by atoms with E-state index >= 15 is 0 Å². The monoisotopic (exact) mass is 286 g/mol. The predicted molar refractivity (Wildman–Crippen MR) is 75.0 cm³/mol. The zero-order chi connectivity index (χ0) is 14.5. The molecule has 1 aromatic rings. The van der Waals surface area contributed by atoms with E-state index in [1.807, 2.05) is 13.8 Å². The first-order valence-corrected chi connectivity index (χ1v) is 7.01. The number of aliphatic carboxylic acids is 1. The molecule has 1 unspecified atom stereocenters. The maximum absolute atomic E-state index is 13.8. The molecule has 0 radical (unpaired) electrons. The normalized spacial score (nSPS) is 14.1. The molecule has 0 bridgehead atoms. The van der Waals surface area contributed by atoms with Crippen LogP contribution in [0, 0.1) is 11.2 Å². The highest BCUT2D eigenvalue weighted by Crippen LogP contribution is 2.36. The standard InChI is InChI=1S/C15H20ClFO2/c1-3-5-9-15(4-2,14(18)19)10-11-12(16)7-6-8-13(11)17/h6-8H,3-5,9-10H2,1-2H3,(H,18,19). The summed E-state index contributed by atoms with van der Waals surface area (Å²) in [6, 6.07) is 4.45. The van der Waals surface area contributed by atoms with Gasteiger partial charge in [0.25, 0.3) is 0 Å². The van der Waals surface area contributed by atoms with Gasteiger partial charge in [-0.3, -0.25) is 4.79 Å². The molecule has 4 heteroatoms. The molecule has 0 saturated carbocycles. The molecule has 0 amide bonds. The summed E-state index contributed by atoms with van der Waals surface area (Å²) in [5.41, 5.74) is -0.619. The summed E-state index contributed by atoms with van der Waals surface area (Å²) in [6.07, 6.45) is 2.88. The van der Waals surface area contributed by atoms with Gasteiger partial charge in [-0.2, -0.15) is 0 Å². The zero-order valence-corrected chi connectivity index (χ0v) is 12.1. The Morgan fingerprint density at radius 1 is 1.42 bits per heavy atom. The topological polar surface area (TPSA) is 37.3 Å². The third-order valence-corrected chi connectivity index (χ3v) is 4.07. The molecule has 0 saturated heterocycles. The molecule has 19 heavy (non-hydrogen) atoms. The van der Waals surface area contributed by atoms with Gasteiger partial charge in [-0.1, -0.05) is 44.4 Å². The fourth-order valence-electron chi connectivity index (χ4n) is 2.28. The number of carbonyl (C=O) groups is 1. The molecule has 1 atom stereocenters. The number of carboxylic acids is 1. The van der Waals surface area contributed by atoms with Crippen molar-refractivity contribution in [3.8, 4) is 0 Å². The highest BCUT2D eigenvalue weighted by molar-refractivity contribution is 6.31.